The molecule has 0 bridgehead atoms. The zero-order chi connectivity index (χ0) is 12.6. The van der Waals surface area contributed by atoms with Crippen molar-refractivity contribution < 1.29 is 18.6 Å². The maximum atomic E-state index is 13.8. The Morgan fingerprint density at radius 3 is 2.76 bits per heavy atom. The van der Waals surface area contributed by atoms with Crippen LogP contribution in [0.1, 0.15) is 31.4 Å². The van der Waals surface area contributed by atoms with Crippen LogP contribution in [-0.4, -0.2) is 17.3 Å². The van der Waals surface area contributed by atoms with Crippen molar-refractivity contribution in [1.29, 1.82) is 0 Å². The maximum Gasteiger partial charge on any atom is 0.146 e. The molecule has 1 fully saturated rings. The molecule has 2 nitrogen and oxygen atoms in total. The minimum absolute atomic E-state index is 0.134. The SMILES string of the molecule is CC1(C(O)c2c(F)ccc(Br)c2F)CCCO1. The Kier molecular flexibility index (Phi) is 3.52. The van der Waals surface area contributed by atoms with Crippen molar-refractivity contribution >= 4 is 15.9 Å². The Bertz CT molecular complexity index is 431. The van der Waals surface area contributed by atoms with Crippen molar-refractivity contribution in [2.24, 2.45) is 0 Å². The monoisotopic (exact) mass is 306 g/mol. The highest BCUT2D eigenvalue weighted by molar-refractivity contribution is 9.10. The fraction of sp³-hybridized carbons (Fsp3) is 0.500. The van der Waals surface area contributed by atoms with E-state index in [4.69, 9.17) is 4.74 Å². The van der Waals surface area contributed by atoms with Crippen LogP contribution in [0.15, 0.2) is 16.6 Å². The number of hydrogen-bond acceptors (Lipinski definition) is 2. The van der Waals surface area contributed by atoms with Crippen LogP contribution in [0.25, 0.3) is 0 Å². The minimum Gasteiger partial charge on any atom is -0.385 e. The Morgan fingerprint density at radius 1 is 1.47 bits per heavy atom. The highest BCUT2D eigenvalue weighted by atomic mass is 79.9. The topological polar surface area (TPSA) is 29.5 Å². The van der Waals surface area contributed by atoms with Crippen molar-refractivity contribution in [3.05, 3.63) is 33.8 Å². The standard InChI is InChI=1S/C12H13BrF2O2/c1-12(5-2-6-17-12)11(16)9-8(14)4-3-7(13)10(9)15/h3-4,11,16H,2,5-6H2,1H3. The van der Waals surface area contributed by atoms with Crippen molar-refractivity contribution in [3.8, 4) is 0 Å². The van der Waals surface area contributed by atoms with Gasteiger partial charge in [-0.25, -0.2) is 8.78 Å². The van der Waals surface area contributed by atoms with E-state index in [9.17, 15) is 13.9 Å². The summed E-state index contributed by atoms with van der Waals surface area (Å²) in [6, 6.07) is 2.41. The third-order valence-corrected chi connectivity index (χ3v) is 3.79. The summed E-state index contributed by atoms with van der Waals surface area (Å²) < 4.78 is 33.0. The number of benzene rings is 1. The fourth-order valence-electron chi connectivity index (χ4n) is 2.12. The van der Waals surface area contributed by atoms with Crippen LogP contribution in [0.5, 0.6) is 0 Å². The molecule has 0 saturated carbocycles. The second-order valence-corrected chi connectivity index (χ2v) is 5.28. The maximum absolute atomic E-state index is 13.8. The molecule has 2 atom stereocenters. The van der Waals surface area contributed by atoms with Crippen LogP contribution < -0.4 is 0 Å². The molecule has 1 aliphatic rings. The van der Waals surface area contributed by atoms with Crippen LogP contribution in [0.4, 0.5) is 8.78 Å². The van der Waals surface area contributed by atoms with Gasteiger partial charge in [-0.1, -0.05) is 0 Å². The van der Waals surface area contributed by atoms with Gasteiger partial charge in [-0.2, -0.15) is 0 Å². The van der Waals surface area contributed by atoms with Gasteiger partial charge < -0.3 is 9.84 Å². The average molecular weight is 307 g/mol. The fourth-order valence-corrected chi connectivity index (χ4v) is 2.46. The van der Waals surface area contributed by atoms with Crippen LogP contribution in [-0.2, 0) is 4.74 Å². The first kappa shape index (κ1) is 12.9. The predicted octanol–water partition coefficient (Wildman–Crippen LogP) is 3.33. The molecule has 1 aromatic rings. The molecule has 1 aliphatic heterocycles. The van der Waals surface area contributed by atoms with E-state index in [1.54, 1.807) is 6.92 Å². The molecule has 2 rings (SSSR count). The smallest absolute Gasteiger partial charge is 0.146 e. The lowest BCUT2D eigenvalue weighted by atomic mass is 9.90. The lowest BCUT2D eigenvalue weighted by Crippen LogP contribution is -2.33. The van der Waals surface area contributed by atoms with Crippen LogP contribution >= 0.6 is 15.9 Å². The van der Waals surface area contributed by atoms with Crippen molar-refractivity contribution in [3.63, 3.8) is 0 Å². The van der Waals surface area contributed by atoms with E-state index in [0.29, 0.717) is 13.0 Å². The Balaban J connectivity index is 2.43. The van der Waals surface area contributed by atoms with E-state index in [0.717, 1.165) is 12.5 Å². The predicted molar refractivity (Wildman–Crippen MR) is 62.6 cm³/mol. The van der Waals surface area contributed by atoms with E-state index >= 15 is 0 Å². The molecule has 5 heteroatoms. The van der Waals surface area contributed by atoms with Gasteiger partial charge in [0.2, 0.25) is 0 Å². The van der Waals surface area contributed by atoms with Crippen molar-refractivity contribution in [2.75, 3.05) is 6.61 Å². The zero-order valence-electron chi connectivity index (χ0n) is 9.34. The summed E-state index contributed by atoms with van der Waals surface area (Å²) in [5.74, 6) is -1.52. The summed E-state index contributed by atoms with van der Waals surface area (Å²) in [5.41, 5.74) is -1.24. The molecule has 0 aliphatic carbocycles. The molecule has 17 heavy (non-hydrogen) atoms. The van der Waals surface area contributed by atoms with Crippen LogP contribution in [0.2, 0.25) is 0 Å². The number of aliphatic hydroxyl groups is 1. The lowest BCUT2D eigenvalue weighted by Gasteiger charge is -2.30. The summed E-state index contributed by atoms with van der Waals surface area (Å²) >= 11 is 2.98. The van der Waals surface area contributed by atoms with Crippen molar-refractivity contribution in [1.82, 2.24) is 0 Å². The van der Waals surface area contributed by atoms with E-state index in [-0.39, 0.29) is 10.0 Å². The van der Waals surface area contributed by atoms with Gasteiger partial charge in [0.25, 0.3) is 0 Å². The molecule has 1 heterocycles. The third-order valence-electron chi connectivity index (χ3n) is 3.18. The molecule has 0 radical (unpaired) electrons. The molecule has 0 spiro atoms. The Morgan fingerprint density at radius 2 is 2.18 bits per heavy atom. The number of rotatable bonds is 2. The lowest BCUT2D eigenvalue weighted by molar-refractivity contribution is -0.0822. The zero-order valence-corrected chi connectivity index (χ0v) is 10.9. The largest absolute Gasteiger partial charge is 0.385 e. The quantitative estimate of drug-likeness (QED) is 0.849. The summed E-state index contributed by atoms with van der Waals surface area (Å²) in [6.45, 7) is 2.18. The van der Waals surface area contributed by atoms with Gasteiger partial charge in [-0.15, -0.1) is 0 Å². The Hall–Kier alpha value is -0.520. The minimum atomic E-state index is -1.30. The van der Waals surface area contributed by atoms with Gasteiger partial charge in [0, 0.05) is 6.61 Å². The molecule has 0 aromatic heterocycles. The number of ether oxygens (including phenoxy) is 1. The van der Waals surface area contributed by atoms with Gasteiger partial charge in [0.05, 0.1) is 15.6 Å². The van der Waals surface area contributed by atoms with Gasteiger partial charge >= 0.3 is 0 Å². The van der Waals surface area contributed by atoms with E-state index in [1.807, 2.05) is 0 Å². The molecular weight excluding hydrogens is 294 g/mol. The van der Waals surface area contributed by atoms with Gasteiger partial charge in [-0.05, 0) is 47.8 Å². The summed E-state index contributed by atoms with van der Waals surface area (Å²) in [5, 5.41) is 10.1. The molecule has 1 aromatic carbocycles. The molecule has 1 N–H and O–H groups in total. The molecule has 94 valence electrons. The number of halogens is 3. The first-order valence-corrected chi connectivity index (χ1v) is 6.20. The molecule has 0 amide bonds. The van der Waals surface area contributed by atoms with E-state index in [2.05, 4.69) is 15.9 Å². The van der Waals surface area contributed by atoms with Crippen LogP contribution in [0.3, 0.4) is 0 Å². The first-order chi connectivity index (χ1) is 7.96. The third kappa shape index (κ3) is 2.23. The van der Waals surface area contributed by atoms with E-state index < -0.39 is 23.3 Å². The van der Waals surface area contributed by atoms with E-state index in [1.165, 1.54) is 6.07 Å². The van der Waals surface area contributed by atoms with Gasteiger partial charge in [0.15, 0.2) is 0 Å². The number of aliphatic hydroxyl groups excluding tert-OH is 1. The Labute approximate surface area is 107 Å². The van der Waals surface area contributed by atoms with Gasteiger partial charge in [-0.3, -0.25) is 0 Å². The summed E-state index contributed by atoms with van der Waals surface area (Å²) in [7, 11) is 0. The first-order valence-electron chi connectivity index (χ1n) is 5.41. The summed E-state index contributed by atoms with van der Waals surface area (Å²) in [6.07, 6.45) is 0.0622. The molecule has 1 saturated heterocycles. The summed E-state index contributed by atoms with van der Waals surface area (Å²) in [4.78, 5) is 0. The van der Waals surface area contributed by atoms with Crippen LogP contribution in [0, 0.1) is 11.6 Å². The molecular formula is C12H13BrF2O2. The highest BCUT2D eigenvalue weighted by Gasteiger charge is 2.41. The molecule has 2 unspecified atom stereocenters. The normalized spacial score (nSPS) is 26.2. The highest BCUT2D eigenvalue weighted by Crippen LogP contribution is 2.40. The second kappa shape index (κ2) is 4.63. The average Bonchev–Trinajstić information content (AvgIpc) is 2.72. The van der Waals surface area contributed by atoms with Gasteiger partial charge in [0.1, 0.15) is 17.7 Å². The number of hydrogen-bond donors (Lipinski definition) is 1. The van der Waals surface area contributed by atoms with Crippen molar-refractivity contribution in [2.45, 2.75) is 31.5 Å². The second-order valence-electron chi connectivity index (χ2n) is 4.42.